The number of hydrogen-bond acceptors (Lipinski definition) is 6. The van der Waals surface area contributed by atoms with Crippen molar-refractivity contribution in [1.29, 1.82) is 5.26 Å². The number of nitrogens with one attached hydrogen (secondary N) is 2. The molecule has 1 atom stereocenters. The number of aryl methyl sites for hydroxylation is 1. The summed E-state index contributed by atoms with van der Waals surface area (Å²) in [6.45, 7) is 3.36. The van der Waals surface area contributed by atoms with Crippen molar-refractivity contribution in [3.05, 3.63) is 80.6 Å². The van der Waals surface area contributed by atoms with E-state index < -0.39 is 23.4 Å². The lowest BCUT2D eigenvalue weighted by Gasteiger charge is -2.20. The Morgan fingerprint density at radius 3 is 2.69 bits per heavy atom. The van der Waals surface area contributed by atoms with Gasteiger partial charge in [-0.3, -0.25) is 0 Å². The molecule has 3 aromatic heterocycles. The average molecular weight is 453 g/mol. The van der Waals surface area contributed by atoms with Crippen LogP contribution in [0.3, 0.4) is 0 Å². The molecule has 2 N–H and O–H groups in total. The highest BCUT2D eigenvalue weighted by atomic mass is 35.5. The van der Waals surface area contributed by atoms with Crippen LogP contribution in [0.25, 0.3) is 22.3 Å². The minimum Gasteiger partial charge on any atom is -0.375 e. The highest BCUT2D eigenvalue weighted by Crippen LogP contribution is 2.36. The molecule has 32 heavy (non-hydrogen) atoms. The van der Waals surface area contributed by atoms with Crippen molar-refractivity contribution < 1.29 is 8.78 Å². The molecule has 0 saturated carbocycles. The number of anilines is 1. The average Bonchev–Trinajstić information content (AvgIpc) is 2.77. The molecule has 0 aliphatic rings. The van der Waals surface area contributed by atoms with Crippen LogP contribution in [-0.4, -0.2) is 19.9 Å². The molecule has 0 radical (unpaired) electrons. The number of pyridine rings is 2. The number of halogens is 3. The third-order valence-electron chi connectivity index (χ3n) is 4.92. The van der Waals surface area contributed by atoms with Gasteiger partial charge in [-0.2, -0.15) is 5.26 Å². The van der Waals surface area contributed by atoms with Gasteiger partial charge in [0.2, 0.25) is 0 Å². The highest BCUT2D eigenvalue weighted by Gasteiger charge is 2.20. The zero-order valence-electron chi connectivity index (χ0n) is 16.9. The third-order valence-corrected chi connectivity index (χ3v) is 5.38. The van der Waals surface area contributed by atoms with Gasteiger partial charge in [0.25, 0.3) is 0 Å². The van der Waals surface area contributed by atoms with Crippen molar-refractivity contribution in [1.82, 2.24) is 19.9 Å². The quantitative estimate of drug-likeness (QED) is 0.466. The number of hydrogen-bond donors (Lipinski definition) is 2. The number of fused-ring (bicyclic) bond motifs is 1. The van der Waals surface area contributed by atoms with E-state index in [1.807, 2.05) is 6.07 Å². The van der Waals surface area contributed by atoms with Crippen molar-refractivity contribution in [2.75, 3.05) is 5.32 Å². The van der Waals surface area contributed by atoms with E-state index in [0.717, 1.165) is 0 Å². The SMILES string of the molecule is Cc1nc2cc(F)c(-c3cnc(=O)[nH]c3)nc2c(NC(C)c2cc(C#N)ccc2F)c1Cl. The fraction of sp³-hybridized carbons (Fsp3) is 0.136. The summed E-state index contributed by atoms with van der Waals surface area (Å²) in [6, 6.07) is 6.64. The van der Waals surface area contributed by atoms with Crippen LogP contribution in [0.1, 0.15) is 29.8 Å². The number of aromatic nitrogens is 4. The number of H-pyrrole nitrogens is 1. The monoisotopic (exact) mass is 452 g/mol. The summed E-state index contributed by atoms with van der Waals surface area (Å²) in [7, 11) is 0. The Labute approximate surface area is 185 Å². The summed E-state index contributed by atoms with van der Waals surface area (Å²) in [6.07, 6.45) is 2.51. The van der Waals surface area contributed by atoms with Crippen molar-refractivity contribution in [3.63, 3.8) is 0 Å². The normalized spacial score (nSPS) is 11.9. The standard InChI is InChI=1S/C22H15ClF2N6O/c1-10(14-5-12(7-26)3-4-15(14)24)30-21-18(23)11(2)29-17-6-16(25)19(31-20(17)21)13-8-27-22(32)28-9-13/h3-6,8-10H,1-2H3,(H,29,30)(H,27,28,32). The van der Waals surface area contributed by atoms with E-state index in [2.05, 4.69) is 25.3 Å². The van der Waals surface area contributed by atoms with E-state index in [1.54, 1.807) is 13.8 Å². The van der Waals surface area contributed by atoms with E-state index >= 15 is 0 Å². The second-order valence-corrected chi connectivity index (χ2v) is 7.47. The van der Waals surface area contributed by atoms with E-state index in [-0.39, 0.29) is 32.9 Å². The Morgan fingerprint density at radius 2 is 2.00 bits per heavy atom. The second-order valence-electron chi connectivity index (χ2n) is 7.09. The molecular formula is C22H15ClF2N6O. The van der Waals surface area contributed by atoms with Crippen LogP contribution < -0.4 is 11.0 Å². The molecule has 0 spiro atoms. The molecule has 7 nitrogen and oxygen atoms in total. The van der Waals surface area contributed by atoms with Gasteiger partial charge in [0.1, 0.15) is 17.0 Å². The molecule has 0 aliphatic carbocycles. The van der Waals surface area contributed by atoms with Crippen molar-refractivity contribution in [2.24, 2.45) is 0 Å². The number of nitrogens with zero attached hydrogens (tertiary/aromatic N) is 4. The Morgan fingerprint density at radius 1 is 1.22 bits per heavy atom. The molecule has 3 heterocycles. The minimum atomic E-state index is -0.660. The molecule has 4 aromatic rings. The number of benzene rings is 1. The zero-order valence-corrected chi connectivity index (χ0v) is 17.6. The van der Waals surface area contributed by atoms with Crippen molar-refractivity contribution >= 4 is 28.3 Å². The van der Waals surface area contributed by atoms with Gasteiger partial charge in [0, 0.05) is 29.6 Å². The lowest BCUT2D eigenvalue weighted by Crippen LogP contribution is -2.12. The molecule has 0 amide bonds. The Kier molecular flexibility index (Phi) is 5.55. The predicted molar refractivity (Wildman–Crippen MR) is 116 cm³/mol. The molecule has 1 aromatic carbocycles. The van der Waals surface area contributed by atoms with Gasteiger partial charge in [-0.25, -0.2) is 28.5 Å². The summed E-state index contributed by atoms with van der Waals surface area (Å²) in [5, 5.41) is 12.5. The molecular weight excluding hydrogens is 438 g/mol. The van der Waals surface area contributed by atoms with Crippen LogP contribution in [0.5, 0.6) is 0 Å². The summed E-state index contributed by atoms with van der Waals surface area (Å²) in [5.41, 5.74) is 1.46. The van der Waals surface area contributed by atoms with Gasteiger partial charge in [-0.05, 0) is 32.0 Å². The maximum absolute atomic E-state index is 14.8. The predicted octanol–water partition coefficient (Wildman–Crippen LogP) is 4.66. The first kappa shape index (κ1) is 21.3. The van der Waals surface area contributed by atoms with E-state index in [0.29, 0.717) is 16.9 Å². The fourth-order valence-corrected chi connectivity index (χ4v) is 3.49. The fourth-order valence-electron chi connectivity index (χ4n) is 3.31. The van der Waals surface area contributed by atoms with Crippen LogP contribution in [-0.2, 0) is 0 Å². The molecule has 4 rings (SSSR count). The van der Waals surface area contributed by atoms with Crippen LogP contribution in [0.2, 0.25) is 5.02 Å². The topological polar surface area (TPSA) is 107 Å². The Balaban J connectivity index is 1.87. The summed E-state index contributed by atoms with van der Waals surface area (Å²) in [5.74, 6) is -1.15. The van der Waals surface area contributed by atoms with E-state index in [1.165, 1.54) is 36.7 Å². The second kappa shape index (κ2) is 8.32. The molecule has 0 bridgehead atoms. The van der Waals surface area contributed by atoms with Crippen LogP contribution in [0, 0.1) is 29.9 Å². The van der Waals surface area contributed by atoms with Gasteiger partial charge in [-0.1, -0.05) is 11.6 Å². The smallest absolute Gasteiger partial charge is 0.344 e. The molecule has 0 fully saturated rings. The van der Waals surface area contributed by atoms with Crippen LogP contribution >= 0.6 is 11.6 Å². The van der Waals surface area contributed by atoms with Crippen LogP contribution in [0.4, 0.5) is 14.5 Å². The van der Waals surface area contributed by atoms with E-state index in [9.17, 15) is 13.6 Å². The van der Waals surface area contributed by atoms with Gasteiger partial charge in [-0.15, -0.1) is 0 Å². The van der Waals surface area contributed by atoms with Crippen molar-refractivity contribution in [3.8, 4) is 17.3 Å². The number of nitriles is 1. The zero-order chi connectivity index (χ0) is 23.0. The van der Waals surface area contributed by atoms with Crippen LogP contribution in [0.15, 0.2) is 41.5 Å². The number of rotatable bonds is 4. The van der Waals surface area contributed by atoms with Gasteiger partial charge < -0.3 is 10.3 Å². The Hall–Kier alpha value is -3.90. The highest BCUT2D eigenvalue weighted by molar-refractivity contribution is 6.35. The maximum atomic E-state index is 14.8. The van der Waals surface area contributed by atoms with Gasteiger partial charge in [0.05, 0.1) is 39.6 Å². The first-order valence-corrected chi connectivity index (χ1v) is 9.83. The summed E-state index contributed by atoms with van der Waals surface area (Å²) >= 11 is 6.50. The van der Waals surface area contributed by atoms with E-state index in [4.69, 9.17) is 16.9 Å². The number of aromatic amines is 1. The molecule has 160 valence electrons. The lowest BCUT2D eigenvalue weighted by atomic mass is 10.0. The third kappa shape index (κ3) is 3.88. The lowest BCUT2D eigenvalue weighted by molar-refractivity contribution is 0.600. The largest absolute Gasteiger partial charge is 0.375 e. The minimum absolute atomic E-state index is 0.0590. The molecule has 0 saturated heterocycles. The van der Waals surface area contributed by atoms with Gasteiger partial charge in [0.15, 0.2) is 5.82 Å². The maximum Gasteiger partial charge on any atom is 0.344 e. The van der Waals surface area contributed by atoms with Crippen molar-refractivity contribution in [2.45, 2.75) is 19.9 Å². The summed E-state index contributed by atoms with van der Waals surface area (Å²) < 4.78 is 29.2. The Bertz CT molecular complexity index is 1440. The van der Waals surface area contributed by atoms with Gasteiger partial charge >= 0.3 is 5.69 Å². The summed E-state index contributed by atoms with van der Waals surface area (Å²) in [4.78, 5) is 25.9. The molecule has 0 aliphatic heterocycles. The first-order valence-electron chi connectivity index (χ1n) is 9.46. The first-order chi connectivity index (χ1) is 15.3. The molecule has 10 heteroatoms. The molecule has 1 unspecified atom stereocenters.